The number of likely N-dealkylation sites (tertiary alicyclic amines) is 1. The SMILES string of the molecule is CC(NC(=O)N1CCCCC1)C1CCOCC1. The fourth-order valence-electron chi connectivity index (χ4n) is 2.72. The highest BCUT2D eigenvalue weighted by molar-refractivity contribution is 5.74. The Labute approximate surface area is 104 Å². The molecule has 2 amide bonds. The summed E-state index contributed by atoms with van der Waals surface area (Å²) in [6.45, 7) is 5.65. The molecule has 98 valence electrons. The summed E-state index contributed by atoms with van der Waals surface area (Å²) in [6.07, 6.45) is 5.71. The summed E-state index contributed by atoms with van der Waals surface area (Å²) < 4.78 is 5.35. The highest BCUT2D eigenvalue weighted by Crippen LogP contribution is 2.19. The van der Waals surface area contributed by atoms with Gasteiger partial charge in [0.1, 0.15) is 0 Å². The van der Waals surface area contributed by atoms with Crippen molar-refractivity contribution < 1.29 is 9.53 Å². The third-order valence-corrected chi connectivity index (χ3v) is 3.97. The van der Waals surface area contributed by atoms with Gasteiger partial charge in [0.25, 0.3) is 0 Å². The van der Waals surface area contributed by atoms with Crippen LogP contribution in [0.4, 0.5) is 4.79 Å². The quantitative estimate of drug-likeness (QED) is 0.802. The van der Waals surface area contributed by atoms with E-state index >= 15 is 0 Å². The highest BCUT2D eigenvalue weighted by atomic mass is 16.5. The number of urea groups is 1. The number of rotatable bonds is 2. The average molecular weight is 240 g/mol. The minimum atomic E-state index is 0.128. The number of hydrogen-bond donors (Lipinski definition) is 1. The summed E-state index contributed by atoms with van der Waals surface area (Å²) in [5.41, 5.74) is 0. The van der Waals surface area contributed by atoms with E-state index in [0.29, 0.717) is 5.92 Å². The largest absolute Gasteiger partial charge is 0.381 e. The predicted molar refractivity (Wildman–Crippen MR) is 67.0 cm³/mol. The minimum Gasteiger partial charge on any atom is -0.381 e. The Kier molecular flexibility index (Phi) is 4.66. The molecule has 1 atom stereocenters. The lowest BCUT2D eigenvalue weighted by Crippen LogP contribution is -2.48. The first kappa shape index (κ1) is 12.7. The second-order valence-electron chi connectivity index (χ2n) is 5.24. The molecule has 0 radical (unpaired) electrons. The lowest BCUT2D eigenvalue weighted by Gasteiger charge is -2.32. The van der Waals surface area contributed by atoms with Gasteiger partial charge in [-0.3, -0.25) is 0 Å². The molecule has 0 aliphatic carbocycles. The summed E-state index contributed by atoms with van der Waals surface area (Å²) in [5, 5.41) is 3.15. The monoisotopic (exact) mass is 240 g/mol. The average Bonchev–Trinajstić information content (AvgIpc) is 2.40. The van der Waals surface area contributed by atoms with Crippen LogP contribution in [0.3, 0.4) is 0 Å². The number of hydrogen-bond acceptors (Lipinski definition) is 2. The predicted octanol–water partition coefficient (Wildman–Crippen LogP) is 2.00. The third kappa shape index (κ3) is 3.60. The van der Waals surface area contributed by atoms with Gasteiger partial charge in [-0.2, -0.15) is 0 Å². The molecule has 4 heteroatoms. The van der Waals surface area contributed by atoms with Crippen LogP contribution in [0.1, 0.15) is 39.0 Å². The molecule has 0 aromatic rings. The zero-order chi connectivity index (χ0) is 12.1. The van der Waals surface area contributed by atoms with Crippen molar-refractivity contribution in [2.75, 3.05) is 26.3 Å². The van der Waals surface area contributed by atoms with Crippen molar-refractivity contribution in [1.82, 2.24) is 10.2 Å². The Morgan fingerprint density at radius 3 is 2.53 bits per heavy atom. The summed E-state index contributed by atoms with van der Waals surface area (Å²) in [5.74, 6) is 0.581. The molecule has 2 fully saturated rings. The molecular formula is C13H24N2O2. The molecule has 2 rings (SSSR count). The van der Waals surface area contributed by atoms with E-state index in [1.54, 1.807) is 0 Å². The van der Waals surface area contributed by atoms with Crippen LogP contribution >= 0.6 is 0 Å². The molecule has 0 aromatic heterocycles. The molecule has 4 nitrogen and oxygen atoms in total. The molecule has 2 saturated heterocycles. The standard InChI is InChI=1S/C13H24N2O2/c1-11(12-5-9-17-10-6-12)14-13(16)15-7-3-2-4-8-15/h11-12H,2-10H2,1H3,(H,14,16). The van der Waals surface area contributed by atoms with Crippen LogP contribution in [0, 0.1) is 5.92 Å². The molecule has 0 aromatic carbocycles. The first-order valence-corrected chi connectivity index (χ1v) is 6.90. The maximum Gasteiger partial charge on any atom is 0.317 e. The van der Waals surface area contributed by atoms with Crippen molar-refractivity contribution >= 4 is 6.03 Å². The van der Waals surface area contributed by atoms with Crippen LogP contribution in [-0.2, 0) is 4.74 Å². The van der Waals surface area contributed by atoms with Gasteiger partial charge in [-0.1, -0.05) is 0 Å². The number of nitrogens with zero attached hydrogens (tertiary/aromatic N) is 1. The Balaban J connectivity index is 1.76. The molecule has 17 heavy (non-hydrogen) atoms. The van der Waals surface area contributed by atoms with Crippen molar-refractivity contribution in [3.63, 3.8) is 0 Å². The first-order chi connectivity index (χ1) is 8.27. The van der Waals surface area contributed by atoms with Gasteiger partial charge in [0.2, 0.25) is 0 Å². The number of carbonyl (C=O) groups excluding carboxylic acids is 1. The van der Waals surface area contributed by atoms with Crippen molar-refractivity contribution in [2.24, 2.45) is 5.92 Å². The van der Waals surface area contributed by atoms with Gasteiger partial charge in [-0.25, -0.2) is 4.79 Å². The molecule has 2 aliphatic rings. The zero-order valence-electron chi connectivity index (χ0n) is 10.8. The Morgan fingerprint density at radius 2 is 1.88 bits per heavy atom. The smallest absolute Gasteiger partial charge is 0.317 e. The lowest BCUT2D eigenvalue weighted by molar-refractivity contribution is 0.0561. The molecular weight excluding hydrogens is 216 g/mol. The molecule has 0 bridgehead atoms. The third-order valence-electron chi connectivity index (χ3n) is 3.97. The van der Waals surface area contributed by atoms with Crippen molar-refractivity contribution in [1.29, 1.82) is 0 Å². The molecule has 1 unspecified atom stereocenters. The fraction of sp³-hybridized carbons (Fsp3) is 0.923. The van der Waals surface area contributed by atoms with Crippen LogP contribution in [0.2, 0.25) is 0 Å². The Morgan fingerprint density at radius 1 is 1.24 bits per heavy atom. The van der Waals surface area contributed by atoms with Gasteiger partial charge in [0, 0.05) is 32.3 Å². The number of ether oxygens (including phenoxy) is 1. The van der Waals surface area contributed by atoms with E-state index in [0.717, 1.165) is 52.0 Å². The number of carbonyl (C=O) groups is 1. The summed E-state index contributed by atoms with van der Waals surface area (Å²) in [7, 11) is 0. The fourth-order valence-corrected chi connectivity index (χ4v) is 2.72. The van der Waals surface area contributed by atoms with E-state index in [-0.39, 0.29) is 12.1 Å². The van der Waals surface area contributed by atoms with Crippen molar-refractivity contribution in [3.05, 3.63) is 0 Å². The van der Waals surface area contributed by atoms with E-state index in [2.05, 4.69) is 12.2 Å². The van der Waals surface area contributed by atoms with Crippen molar-refractivity contribution in [3.8, 4) is 0 Å². The number of amides is 2. The number of nitrogens with one attached hydrogen (secondary N) is 1. The van der Waals surface area contributed by atoms with Gasteiger partial charge in [-0.15, -0.1) is 0 Å². The zero-order valence-corrected chi connectivity index (χ0v) is 10.8. The molecule has 0 spiro atoms. The van der Waals surface area contributed by atoms with Gasteiger partial charge >= 0.3 is 6.03 Å². The van der Waals surface area contributed by atoms with E-state index in [4.69, 9.17) is 4.74 Å². The van der Waals surface area contributed by atoms with E-state index in [9.17, 15) is 4.79 Å². The van der Waals surface area contributed by atoms with Gasteiger partial charge in [-0.05, 0) is 44.9 Å². The highest BCUT2D eigenvalue weighted by Gasteiger charge is 2.24. The topological polar surface area (TPSA) is 41.6 Å². The first-order valence-electron chi connectivity index (χ1n) is 6.90. The Bertz CT molecular complexity index is 246. The van der Waals surface area contributed by atoms with Gasteiger partial charge < -0.3 is 15.0 Å². The summed E-state index contributed by atoms with van der Waals surface area (Å²) in [4.78, 5) is 14.0. The second-order valence-corrected chi connectivity index (χ2v) is 5.24. The van der Waals surface area contributed by atoms with Crippen LogP contribution in [0.5, 0.6) is 0 Å². The molecule has 2 aliphatic heterocycles. The number of piperidine rings is 1. The molecule has 2 heterocycles. The normalized spacial score (nSPS) is 24.4. The Hall–Kier alpha value is -0.770. The van der Waals surface area contributed by atoms with Crippen molar-refractivity contribution in [2.45, 2.75) is 45.1 Å². The van der Waals surface area contributed by atoms with E-state index in [1.807, 2.05) is 4.90 Å². The molecule has 1 N–H and O–H groups in total. The van der Waals surface area contributed by atoms with Crippen LogP contribution in [0.15, 0.2) is 0 Å². The van der Waals surface area contributed by atoms with Crippen LogP contribution in [0.25, 0.3) is 0 Å². The maximum absolute atomic E-state index is 12.0. The van der Waals surface area contributed by atoms with E-state index in [1.165, 1.54) is 6.42 Å². The summed E-state index contributed by atoms with van der Waals surface area (Å²) >= 11 is 0. The van der Waals surface area contributed by atoms with Crippen LogP contribution in [-0.4, -0.2) is 43.3 Å². The maximum atomic E-state index is 12.0. The summed E-state index contributed by atoms with van der Waals surface area (Å²) in [6, 6.07) is 0.400. The lowest BCUT2D eigenvalue weighted by atomic mass is 9.93. The second kappa shape index (κ2) is 6.24. The van der Waals surface area contributed by atoms with Crippen LogP contribution < -0.4 is 5.32 Å². The minimum absolute atomic E-state index is 0.128. The van der Waals surface area contributed by atoms with Gasteiger partial charge in [0.05, 0.1) is 0 Å². The van der Waals surface area contributed by atoms with Gasteiger partial charge in [0.15, 0.2) is 0 Å². The molecule has 0 saturated carbocycles. The van der Waals surface area contributed by atoms with E-state index < -0.39 is 0 Å².